The van der Waals surface area contributed by atoms with Crippen molar-refractivity contribution < 1.29 is 8.78 Å². The van der Waals surface area contributed by atoms with E-state index in [9.17, 15) is 8.78 Å². The lowest BCUT2D eigenvalue weighted by atomic mass is 9.95. The van der Waals surface area contributed by atoms with Gasteiger partial charge in [0.15, 0.2) is 0 Å². The number of aromatic nitrogens is 2. The molecule has 0 unspecified atom stereocenters. The van der Waals surface area contributed by atoms with Crippen LogP contribution in [0.25, 0.3) is 33.3 Å². The van der Waals surface area contributed by atoms with Crippen molar-refractivity contribution in [2.24, 2.45) is 0 Å². The fraction of sp³-hybridized carbons (Fsp3) is 0.167. The first-order valence-corrected chi connectivity index (χ1v) is 9.65. The van der Waals surface area contributed by atoms with E-state index in [0.717, 1.165) is 16.7 Å². The average molecular weight is 387 g/mol. The van der Waals surface area contributed by atoms with Gasteiger partial charge in [-0.3, -0.25) is 4.98 Å². The standard InChI is InChI=1S/C24H19F2N3/c25-24(26)23-19-13-18(15-4-2-1-3-5-15)22(29-21(19)10-11-28-23)17-9-8-16(12-20(17)27)14-6-7-14/h1-5,8-14,24H,6-7,27H2. The highest BCUT2D eigenvalue weighted by Crippen LogP contribution is 2.43. The zero-order chi connectivity index (χ0) is 20.0. The molecule has 1 fully saturated rings. The summed E-state index contributed by atoms with van der Waals surface area (Å²) in [6.07, 6.45) is 1.11. The van der Waals surface area contributed by atoms with Crippen LogP contribution in [-0.4, -0.2) is 9.97 Å². The van der Waals surface area contributed by atoms with Crippen LogP contribution in [0, 0.1) is 0 Å². The number of pyridine rings is 2. The molecular weight excluding hydrogens is 368 g/mol. The number of fused-ring (bicyclic) bond motifs is 1. The van der Waals surface area contributed by atoms with Crippen molar-refractivity contribution >= 4 is 16.6 Å². The van der Waals surface area contributed by atoms with Crippen molar-refractivity contribution in [2.45, 2.75) is 25.2 Å². The number of rotatable bonds is 4. The SMILES string of the molecule is Nc1cc(C2CC2)ccc1-c1nc2ccnc(C(F)F)c2cc1-c1ccccc1. The number of nitrogens with zero attached hydrogens (tertiary/aromatic N) is 2. The van der Waals surface area contributed by atoms with Crippen molar-refractivity contribution in [1.29, 1.82) is 0 Å². The summed E-state index contributed by atoms with van der Waals surface area (Å²) >= 11 is 0. The lowest BCUT2D eigenvalue weighted by molar-refractivity contribution is 0.148. The van der Waals surface area contributed by atoms with Crippen molar-refractivity contribution in [1.82, 2.24) is 9.97 Å². The predicted molar refractivity (Wildman–Crippen MR) is 112 cm³/mol. The maximum absolute atomic E-state index is 13.5. The van der Waals surface area contributed by atoms with Crippen LogP contribution in [-0.2, 0) is 0 Å². The van der Waals surface area contributed by atoms with Crippen LogP contribution in [0.15, 0.2) is 66.9 Å². The molecule has 2 aromatic carbocycles. The molecule has 29 heavy (non-hydrogen) atoms. The number of nitrogen functional groups attached to an aromatic ring is 1. The van der Waals surface area contributed by atoms with Gasteiger partial charge in [0.25, 0.3) is 6.43 Å². The highest BCUT2D eigenvalue weighted by atomic mass is 19.3. The van der Waals surface area contributed by atoms with Crippen LogP contribution < -0.4 is 5.73 Å². The molecule has 2 N–H and O–H groups in total. The van der Waals surface area contributed by atoms with Gasteiger partial charge in [0, 0.05) is 28.4 Å². The normalized spacial score (nSPS) is 13.9. The summed E-state index contributed by atoms with van der Waals surface area (Å²) in [7, 11) is 0. The minimum Gasteiger partial charge on any atom is -0.398 e. The zero-order valence-electron chi connectivity index (χ0n) is 15.6. The molecule has 2 heterocycles. The first kappa shape index (κ1) is 17.7. The quantitative estimate of drug-likeness (QED) is 0.415. The molecule has 3 nitrogen and oxygen atoms in total. The van der Waals surface area contributed by atoms with Crippen LogP contribution in [0.5, 0.6) is 0 Å². The number of nitrogens with two attached hydrogens (primary N) is 1. The Morgan fingerprint density at radius 1 is 0.931 bits per heavy atom. The van der Waals surface area contributed by atoms with E-state index >= 15 is 0 Å². The van der Waals surface area contributed by atoms with Gasteiger partial charge in [-0.05, 0) is 48.1 Å². The molecule has 0 saturated heterocycles. The summed E-state index contributed by atoms with van der Waals surface area (Å²) in [5.41, 5.74) is 11.7. The van der Waals surface area contributed by atoms with Crippen molar-refractivity contribution in [2.75, 3.05) is 5.73 Å². The Bertz CT molecular complexity index is 1200. The van der Waals surface area contributed by atoms with E-state index in [1.807, 2.05) is 42.5 Å². The van der Waals surface area contributed by atoms with Crippen LogP contribution in [0.2, 0.25) is 0 Å². The number of alkyl halides is 2. The number of anilines is 1. The molecule has 0 aliphatic heterocycles. The molecule has 2 aromatic heterocycles. The monoisotopic (exact) mass is 387 g/mol. The second kappa shape index (κ2) is 6.92. The molecule has 4 aromatic rings. The van der Waals surface area contributed by atoms with Crippen LogP contribution in [0.1, 0.15) is 36.4 Å². The molecule has 0 amide bonds. The summed E-state index contributed by atoms with van der Waals surface area (Å²) in [4.78, 5) is 8.65. The largest absolute Gasteiger partial charge is 0.398 e. The fourth-order valence-electron chi connectivity index (χ4n) is 3.80. The molecule has 1 aliphatic carbocycles. The minimum atomic E-state index is -2.67. The Balaban J connectivity index is 1.78. The van der Waals surface area contributed by atoms with E-state index in [0.29, 0.717) is 28.2 Å². The Kier molecular flexibility index (Phi) is 4.23. The summed E-state index contributed by atoms with van der Waals surface area (Å²) in [5.74, 6) is 0.601. The number of halogens is 2. The fourth-order valence-corrected chi connectivity index (χ4v) is 3.80. The Hall–Kier alpha value is -3.34. The van der Waals surface area contributed by atoms with Gasteiger partial charge in [-0.25, -0.2) is 13.8 Å². The van der Waals surface area contributed by atoms with Crippen molar-refractivity contribution in [3.05, 3.63) is 78.1 Å². The summed E-state index contributed by atoms with van der Waals surface area (Å²) in [6.45, 7) is 0. The molecular formula is C24H19F2N3. The van der Waals surface area contributed by atoms with Gasteiger partial charge in [-0.15, -0.1) is 0 Å². The molecule has 5 heteroatoms. The van der Waals surface area contributed by atoms with Crippen LogP contribution in [0.3, 0.4) is 0 Å². The molecule has 0 atom stereocenters. The second-order valence-corrected chi connectivity index (χ2v) is 7.44. The van der Waals surface area contributed by atoms with Crippen LogP contribution >= 0.6 is 0 Å². The molecule has 0 bridgehead atoms. The van der Waals surface area contributed by atoms with Crippen molar-refractivity contribution in [3.8, 4) is 22.4 Å². The lowest BCUT2D eigenvalue weighted by Gasteiger charge is -2.15. The van der Waals surface area contributed by atoms with Gasteiger partial charge in [0.05, 0.1) is 11.2 Å². The van der Waals surface area contributed by atoms with E-state index in [1.165, 1.54) is 24.6 Å². The van der Waals surface area contributed by atoms with Gasteiger partial charge < -0.3 is 5.73 Å². The minimum absolute atomic E-state index is 0.254. The van der Waals surface area contributed by atoms with Gasteiger partial charge in [-0.2, -0.15) is 0 Å². The summed E-state index contributed by atoms with van der Waals surface area (Å²) in [6, 6.07) is 19.2. The maximum atomic E-state index is 13.5. The van der Waals surface area contributed by atoms with Crippen LogP contribution in [0.4, 0.5) is 14.5 Å². The third kappa shape index (κ3) is 3.23. The summed E-state index contributed by atoms with van der Waals surface area (Å²) in [5, 5.41) is 0.360. The first-order valence-electron chi connectivity index (χ1n) is 9.65. The van der Waals surface area contributed by atoms with Crippen molar-refractivity contribution in [3.63, 3.8) is 0 Å². The highest BCUT2D eigenvalue weighted by Gasteiger charge is 2.25. The Morgan fingerprint density at radius 3 is 2.41 bits per heavy atom. The third-order valence-electron chi connectivity index (χ3n) is 5.44. The zero-order valence-corrected chi connectivity index (χ0v) is 15.6. The lowest BCUT2D eigenvalue weighted by Crippen LogP contribution is -1.99. The van der Waals surface area contributed by atoms with Gasteiger partial charge in [0.2, 0.25) is 0 Å². The topological polar surface area (TPSA) is 51.8 Å². The Morgan fingerprint density at radius 2 is 1.72 bits per heavy atom. The smallest absolute Gasteiger partial charge is 0.281 e. The number of benzene rings is 2. The first-order chi connectivity index (χ1) is 14.1. The van der Waals surface area contributed by atoms with Gasteiger partial charge in [-0.1, -0.05) is 42.5 Å². The van der Waals surface area contributed by atoms with E-state index in [2.05, 4.69) is 11.1 Å². The molecule has 144 valence electrons. The highest BCUT2D eigenvalue weighted by molar-refractivity contribution is 5.95. The molecule has 1 aliphatic rings. The summed E-state index contributed by atoms with van der Waals surface area (Å²) < 4.78 is 27.1. The van der Waals surface area contributed by atoms with Gasteiger partial charge >= 0.3 is 0 Å². The average Bonchev–Trinajstić information content (AvgIpc) is 3.58. The molecule has 1 saturated carbocycles. The number of hydrogen-bond acceptors (Lipinski definition) is 3. The predicted octanol–water partition coefficient (Wildman–Crippen LogP) is 6.36. The van der Waals surface area contributed by atoms with Gasteiger partial charge in [0.1, 0.15) is 5.69 Å². The Labute approximate surface area is 167 Å². The van der Waals surface area contributed by atoms with E-state index < -0.39 is 6.43 Å². The third-order valence-corrected chi connectivity index (χ3v) is 5.44. The maximum Gasteiger partial charge on any atom is 0.281 e. The van der Waals surface area contributed by atoms with E-state index in [1.54, 1.807) is 12.1 Å². The molecule has 0 spiro atoms. The van der Waals surface area contributed by atoms with E-state index in [4.69, 9.17) is 10.7 Å². The molecule has 5 rings (SSSR count). The second-order valence-electron chi connectivity index (χ2n) is 7.44. The van der Waals surface area contributed by atoms with E-state index in [-0.39, 0.29) is 5.69 Å². The molecule has 0 radical (unpaired) electrons. The number of hydrogen-bond donors (Lipinski definition) is 1.